The summed E-state index contributed by atoms with van der Waals surface area (Å²) in [4.78, 5) is 17.1. The van der Waals surface area contributed by atoms with Crippen molar-refractivity contribution in [2.75, 3.05) is 12.1 Å². The zero-order valence-corrected chi connectivity index (χ0v) is 18.0. The van der Waals surface area contributed by atoms with Crippen molar-refractivity contribution in [3.63, 3.8) is 0 Å². The van der Waals surface area contributed by atoms with Crippen LogP contribution in [0, 0.1) is 0 Å². The van der Waals surface area contributed by atoms with Crippen LogP contribution in [-0.2, 0) is 13.0 Å². The van der Waals surface area contributed by atoms with Gasteiger partial charge in [0.05, 0.1) is 5.56 Å². The molecule has 166 valence electrons. The van der Waals surface area contributed by atoms with Gasteiger partial charge in [-0.25, -0.2) is 4.98 Å². The number of carbonyl (C=O) groups is 1. The first-order valence-corrected chi connectivity index (χ1v) is 10.6. The lowest BCUT2D eigenvalue weighted by molar-refractivity contribution is 0.102. The summed E-state index contributed by atoms with van der Waals surface area (Å²) in [6, 6.07) is 18.9. The van der Waals surface area contributed by atoms with Gasteiger partial charge in [0, 0.05) is 23.5 Å². The Bertz CT molecular complexity index is 1270. The summed E-state index contributed by atoms with van der Waals surface area (Å²) in [6.45, 7) is 2.63. The monoisotopic (exact) mass is 442 g/mol. The van der Waals surface area contributed by atoms with Crippen molar-refractivity contribution in [3.05, 3.63) is 83.7 Å². The summed E-state index contributed by atoms with van der Waals surface area (Å²) >= 11 is 0. The molecule has 2 N–H and O–H groups in total. The van der Waals surface area contributed by atoms with Gasteiger partial charge in [-0.15, -0.1) is 0 Å². The third-order valence-electron chi connectivity index (χ3n) is 5.32. The average Bonchev–Trinajstić information content (AvgIpc) is 3.49. The highest BCUT2D eigenvalue weighted by Gasteiger charge is 2.21. The molecule has 0 fully saturated rings. The first kappa shape index (κ1) is 20.6. The Hall–Kier alpha value is -4.33. The van der Waals surface area contributed by atoms with E-state index in [1.165, 1.54) is 6.20 Å². The van der Waals surface area contributed by atoms with Crippen LogP contribution in [0.3, 0.4) is 0 Å². The first-order valence-electron chi connectivity index (χ1n) is 10.6. The molecule has 5 rings (SSSR count). The lowest BCUT2D eigenvalue weighted by atomic mass is 10.0. The van der Waals surface area contributed by atoms with E-state index in [9.17, 15) is 4.79 Å². The second kappa shape index (κ2) is 9.04. The quantitative estimate of drug-likeness (QED) is 0.434. The molecule has 33 heavy (non-hydrogen) atoms. The van der Waals surface area contributed by atoms with E-state index in [0.29, 0.717) is 35.4 Å². The number of nitrogens with one attached hydrogen (secondary N) is 2. The van der Waals surface area contributed by atoms with Crippen molar-refractivity contribution in [1.29, 1.82) is 0 Å². The van der Waals surface area contributed by atoms with Crippen LogP contribution in [0.2, 0.25) is 0 Å². The largest absolute Gasteiger partial charge is 0.473 e. The van der Waals surface area contributed by atoms with E-state index in [-0.39, 0.29) is 12.7 Å². The molecule has 2 aromatic carbocycles. The molecule has 0 spiro atoms. The van der Waals surface area contributed by atoms with Crippen molar-refractivity contribution >= 4 is 11.7 Å². The van der Waals surface area contributed by atoms with Crippen molar-refractivity contribution in [2.45, 2.75) is 20.0 Å². The molecule has 3 heterocycles. The molecule has 0 radical (unpaired) electrons. The summed E-state index contributed by atoms with van der Waals surface area (Å²) in [7, 11) is 0. The molecular weight excluding hydrogens is 420 g/mol. The molecule has 0 saturated carbocycles. The standard InChI is InChI=1S/C25H22N4O4/c1-2-19-23(17-8-10-20-21(12-17)33-15-32-20)24(29-28-19)27-25(30)18-9-11-22(26-13-18)31-14-16-6-4-3-5-7-16/h3-13H,2,14-15H2,1H3,(H2,27,28,29,30). The number of hydrogen-bond donors (Lipinski definition) is 2. The Morgan fingerprint density at radius 2 is 1.94 bits per heavy atom. The molecule has 0 atom stereocenters. The average molecular weight is 442 g/mol. The topological polar surface area (TPSA) is 98.4 Å². The van der Waals surface area contributed by atoms with Gasteiger partial charge in [0.15, 0.2) is 17.3 Å². The number of nitrogens with zero attached hydrogens (tertiary/aromatic N) is 2. The number of aromatic nitrogens is 3. The molecule has 0 saturated heterocycles. The van der Waals surface area contributed by atoms with E-state index >= 15 is 0 Å². The number of hydrogen-bond acceptors (Lipinski definition) is 6. The SMILES string of the molecule is CCc1[nH]nc(NC(=O)c2ccc(OCc3ccccc3)nc2)c1-c1ccc2c(c1)OCO2. The highest BCUT2D eigenvalue weighted by Crippen LogP contribution is 2.39. The molecule has 0 unspecified atom stereocenters. The van der Waals surface area contributed by atoms with E-state index < -0.39 is 0 Å². The van der Waals surface area contributed by atoms with Crippen LogP contribution in [0.15, 0.2) is 66.9 Å². The number of fused-ring (bicyclic) bond motifs is 1. The summed E-state index contributed by atoms with van der Waals surface area (Å²) in [5.74, 6) is 1.95. The van der Waals surface area contributed by atoms with Gasteiger partial charge in [0.25, 0.3) is 5.91 Å². The Kier molecular flexibility index (Phi) is 5.63. The van der Waals surface area contributed by atoms with Crippen molar-refractivity contribution in [1.82, 2.24) is 15.2 Å². The number of ether oxygens (including phenoxy) is 3. The number of H-pyrrole nitrogens is 1. The van der Waals surface area contributed by atoms with Crippen LogP contribution in [-0.4, -0.2) is 27.9 Å². The van der Waals surface area contributed by atoms with Gasteiger partial charge in [0.2, 0.25) is 12.7 Å². The van der Waals surface area contributed by atoms with Crippen LogP contribution < -0.4 is 19.5 Å². The third-order valence-corrected chi connectivity index (χ3v) is 5.32. The number of rotatable bonds is 7. The van der Waals surface area contributed by atoms with Gasteiger partial charge in [-0.05, 0) is 35.7 Å². The zero-order valence-electron chi connectivity index (χ0n) is 18.0. The summed E-state index contributed by atoms with van der Waals surface area (Å²) in [6.07, 6.45) is 2.21. The van der Waals surface area contributed by atoms with Crippen LogP contribution in [0.5, 0.6) is 17.4 Å². The minimum atomic E-state index is -0.312. The third kappa shape index (κ3) is 4.36. The number of aromatic amines is 1. The molecule has 1 aliphatic rings. The van der Waals surface area contributed by atoms with Crippen LogP contribution in [0.25, 0.3) is 11.1 Å². The predicted octanol–water partition coefficient (Wildman–Crippen LogP) is 4.59. The summed E-state index contributed by atoms with van der Waals surface area (Å²) in [5.41, 5.74) is 4.05. The highest BCUT2D eigenvalue weighted by molar-refractivity contribution is 6.05. The molecular formula is C25H22N4O4. The summed E-state index contributed by atoms with van der Waals surface area (Å²) < 4.78 is 16.6. The number of carbonyl (C=O) groups excluding carboxylic acids is 1. The molecule has 0 aliphatic carbocycles. The Balaban J connectivity index is 1.31. The van der Waals surface area contributed by atoms with Crippen molar-refractivity contribution in [3.8, 4) is 28.5 Å². The Morgan fingerprint density at radius 1 is 1.09 bits per heavy atom. The summed E-state index contributed by atoms with van der Waals surface area (Å²) in [5, 5.41) is 10.2. The molecule has 4 aromatic rings. The maximum atomic E-state index is 12.9. The molecule has 8 nitrogen and oxygen atoms in total. The number of anilines is 1. The predicted molar refractivity (Wildman–Crippen MR) is 122 cm³/mol. The lowest BCUT2D eigenvalue weighted by Gasteiger charge is -2.09. The first-order chi connectivity index (χ1) is 16.2. The molecule has 2 aromatic heterocycles. The maximum absolute atomic E-state index is 12.9. The number of aryl methyl sites for hydroxylation is 1. The van der Waals surface area contributed by atoms with Crippen LogP contribution >= 0.6 is 0 Å². The fourth-order valence-corrected chi connectivity index (χ4v) is 3.60. The smallest absolute Gasteiger partial charge is 0.258 e. The van der Waals surface area contributed by atoms with Gasteiger partial charge in [-0.2, -0.15) is 5.10 Å². The van der Waals surface area contributed by atoms with Crippen LogP contribution in [0.4, 0.5) is 5.82 Å². The van der Waals surface area contributed by atoms with E-state index in [2.05, 4.69) is 20.5 Å². The fraction of sp³-hybridized carbons (Fsp3) is 0.160. The normalized spacial score (nSPS) is 11.9. The molecule has 8 heteroatoms. The lowest BCUT2D eigenvalue weighted by Crippen LogP contribution is -2.13. The maximum Gasteiger partial charge on any atom is 0.258 e. The number of benzene rings is 2. The second-order valence-corrected chi connectivity index (χ2v) is 7.46. The van der Waals surface area contributed by atoms with Gasteiger partial charge < -0.3 is 19.5 Å². The van der Waals surface area contributed by atoms with Gasteiger partial charge in [-0.3, -0.25) is 9.89 Å². The zero-order chi connectivity index (χ0) is 22.6. The number of amides is 1. The van der Waals surface area contributed by atoms with Gasteiger partial charge in [0.1, 0.15) is 6.61 Å². The second-order valence-electron chi connectivity index (χ2n) is 7.46. The minimum Gasteiger partial charge on any atom is -0.473 e. The molecule has 0 bridgehead atoms. The molecule has 1 amide bonds. The van der Waals surface area contributed by atoms with Gasteiger partial charge >= 0.3 is 0 Å². The van der Waals surface area contributed by atoms with Crippen molar-refractivity contribution < 1.29 is 19.0 Å². The van der Waals surface area contributed by atoms with Crippen molar-refractivity contribution in [2.24, 2.45) is 0 Å². The van der Waals surface area contributed by atoms with Gasteiger partial charge in [-0.1, -0.05) is 43.3 Å². The fourth-order valence-electron chi connectivity index (χ4n) is 3.60. The minimum absolute atomic E-state index is 0.201. The van der Waals surface area contributed by atoms with E-state index in [4.69, 9.17) is 14.2 Å². The Labute approximate surface area is 190 Å². The Morgan fingerprint density at radius 3 is 2.73 bits per heavy atom. The van der Waals surface area contributed by atoms with E-state index in [1.54, 1.807) is 12.1 Å². The molecule has 1 aliphatic heterocycles. The van der Waals surface area contributed by atoms with Crippen LogP contribution in [0.1, 0.15) is 28.5 Å². The van der Waals surface area contributed by atoms with E-state index in [0.717, 1.165) is 28.8 Å². The number of pyridine rings is 1. The highest BCUT2D eigenvalue weighted by atomic mass is 16.7. The van der Waals surface area contributed by atoms with E-state index in [1.807, 2.05) is 55.5 Å².